The van der Waals surface area contributed by atoms with Crippen LogP contribution in [-0.2, 0) is 0 Å². The number of carbonyl (C=O) groups is 1. The zero-order valence-electron chi connectivity index (χ0n) is 10.7. The Kier molecular flexibility index (Phi) is 4.55. The zero-order chi connectivity index (χ0) is 14.0. The number of hydrogen-bond donors (Lipinski definition) is 2. The highest BCUT2D eigenvalue weighted by molar-refractivity contribution is 6.35. The largest absolute Gasteiger partial charge is 0.330 e. The summed E-state index contributed by atoms with van der Waals surface area (Å²) in [6.07, 6.45) is 0.938. The average Bonchev–Trinajstić information content (AvgIpc) is 2.75. The SMILES string of the molecule is CC1CC(CN)CN1C(=O)Nc1cc(Cl)ccc1Cl. The number of nitrogens with zero attached hydrogens (tertiary/aromatic N) is 1. The fraction of sp³-hybridized carbons (Fsp3) is 0.462. The summed E-state index contributed by atoms with van der Waals surface area (Å²) in [5.74, 6) is 0.371. The van der Waals surface area contributed by atoms with Crippen LogP contribution in [0.5, 0.6) is 0 Å². The van der Waals surface area contributed by atoms with Crippen molar-refractivity contribution in [1.82, 2.24) is 4.90 Å². The van der Waals surface area contributed by atoms with E-state index in [2.05, 4.69) is 5.32 Å². The van der Waals surface area contributed by atoms with Gasteiger partial charge in [0.25, 0.3) is 0 Å². The molecule has 1 aromatic carbocycles. The monoisotopic (exact) mass is 301 g/mol. The first-order valence-corrected chi connectivity index (χ1v) is 6.99. The van der Waals surface area contributed by atoms with E-state index in [1.165, 1.54) is 0 Å². The van der Waals surface area contributed by atoms with E-state index in [1.54, 1.807) is 23.1 Å². The molecule has 0 aliphatic carbocycles. The molecule has 1 heterocycles. The highest BCUT2D eigenvalue weighted by Crippen LogP contribution is 2.27. The molecule has 0 radical (unpaired) electrons. The number of amides is 2. The Morgan fingerprint density at radius 2 is 2.26 bits per heavy atom. The van der Waals surface area contributed by atoms with Crippen LogP contribution >= 0.6 is 23.2 Å². The second-order valence-electron chi connectivity index (χ2n) is 4.89. The molecule has 2 unspecified atom stereocenters. The minimum atomic E-state index is -0.160. The van der Waals surface area contributed by atoms with Gasteiger partial charge in [-0.2, -0.15) is 0 Å². The Balaban J connectivity index is 2.07. The Labute approximate surface area is 122 Å². The topological polar surface area (TPSA) is 58.4 Å². The number of likely N-dealkylation sites (tertiary alicyclic amines) is 1. The van der Waals surface area contributed by atoms with E-state index >= 15 is 0 Å². The molecule has 1 aliphatic heterocycles. The van der Waals surface area contributed by atoms with Gasteiger partial charge in [-0.1, -0.05) is 23.2 Å². The lowest BCUT2D eigenvalue weighted by Gasteiger charge is -2.22. The van der Waals surface area contributed by atoms with E-state index in [-0.39, 0.29) is 12.1 Å². The Bertz CT molecular complexity index is 481. The van der Waals surface area contributed by atoms with Crippen LogP contribution in [0.25, 0.3) is 0 Å². The maximum Gasteiger partial charge on any atom is 0.322 e. The van der Waals surface area contributed by atoms with E-state index in [9.17, 15) is 4.79 Å². The quantitative estimate of drug-likeness (QED) is 0.881. The summed E-state index contributed by atoms with van der Waals surface area (Å²) in [7, 11) is 0. The molecule has 3 N–H and O–H groups in total. The molecule has 0 saturated carbocycles. The van der Waals surface area contributed by atoms with E-state index in [1.807, 2.05) is 6.92 Å². The van der Waals surface area contributed by atoms with Gasteiger partial charge >= 0.3 is 6.03 Å². The van der Waals surface area contributed by atoms with Gasteiger partial charge in [0.2, 0.25) is 0 Å². The molecule has 1 fully saturated rings. The van der Waals surface area contributed by atoms with Crippen LogP contribution in [0.15, 0.2) is 18.2 Å². The summed E-state index contributed by atoms with van der Waals surface area (Å²) in [6.45, 7) is 3.31. The first kappa shape index (κ1) is 14.4. The van der Waals surface area contributed by atoms with E-state index < -0.39 is 0 Å². The molecule has 0 bridgehead atoms. The van der Waals surface area contributed by atoms with Crippen molar-refractivity contribution in [1.29, 1.82) is 0 Å². The molecule has 1 saturated heterocycles. The molecular formula is C13H17Cl2N3O. The number of halogens is 2. The van der Waals surface area contributed by atoms with Gasteiger partial charge in [0.05, 0.1) is 10.7 Å². The normalized spacial score (nSPS) is 22.6. The van der Waals surface area contributed by atoms with Crippen LogP contribution in [0.4, 0.5) is 10.5 Å². The lowest BCUT2D eigenvalue weighted by atomic mass is 10.1. The maximum atomic E-state index is 12.2. The Hall–Kier alpha value is -0.970. The van der Waals surface area contributed by atoms with Crippen LogP contribution in [0, 0.1) is 5.92 Å². The lowest BCUT2D eigenvalue weighted by Crippen LogP contribution is -2.37. The molecule has 2 rings (SSSR count). The average molecular weight is 302 g/mol. The third kappa shape index (κ3) is 3.32. The molecule has 4 nitrogen and oxygen atoms in total. The minimum absolute atomic E-state index is 0.160. The lowest BCUT2D eigenvalue weighted by molar-refractivity contribution is 0.209. The third-order valence-corrected chi connectivity index (χ3v) is 3.99. The van der Waals surface area contributed by atoms with E-state index in [4.69, 9.17) is 28.9 Å². The van der Waals surface area contributed by atoms with Crippen LogP contribution in [0.1, 0.15) is 13.3 Å². The van der Waals surface area contributed by atoms with Crippen molar-refractivity contribution in [2.24, 2.45) is 11.7 Å². The highest BCUT2D eigenvalue weighted by Gasteiger charge is 2.31. The molecule has 0 spiro atoms. The summed E-state index contributed by atoms with van der Waals surface area (Å²) in [5, 5.41) is 3.81. The van der Waals surface area contributed by atoms with Gasteiger partial charge in [-0.25, -0.2) is 4.79 Å². The van der Waals surface area contributed by atoms with E-state index in [0.717, 1.165) is 6.42 Å². The predicted molar refractivity (Wildman–Crippen MR) is 78.8 cm³/mol. The second-order valence-corrected chi connectivity index (χ2v) is 5.74. The summed E-state index contributed by atoms with van der Waals surface area (Å²) >= 11 is 11.9. The van der Waals surface area contributed by atoms with Crippen molar-refractivity contribution in [3.63, 3.8) is 0 Å². The second kappa shape index (κ2) is 5.99. The highest BCUT2D eigenvalue weighted by atomic mass is 35.5. The number of urea groups is 1. The van der Waals surface area contributed by atoms with Crippen LogP contribution in [0.2, 0.25) is 10.0 Å². The van der Waals surface area contributed by atoms with Crippen molar-refractivity contribution in [2.45, 2.75) is 19.4 Å². The standard InChI is InChI=1S/C13H17Cl2N3O/c1-8-4-9(6-16)7-18(8)13(19)17-12-5-10(14)2-3-11(12)15/h2-3,5,8-9H,4,6-7,16H2,1H3,(H,17,19). The van der Waals surface area contributed by atoms with Crippen LogP contribution < -0.4 is 11.1 Å². The number of nitrogens with two attached hydrogens (primary N) is 1. The van der Waals surface area contributed by atoms with E-state index in [0.29, 0.717) is 34.7 Å². The first-order chi connectivity index (χ1) is 9.01. The van der Waals surface area contributed by atoms with Crippen molar-refractivity contribution >= 4 is 34.9 Å². The molecule has 104 valence electrons. The van der Waals surface area contributed by atoms with Gasteiger partial charge in [0.1, 0.15) is 0 Å². The number of hydrogen-bond acceptors (Lipinski definition) is 2. The van der Waals surface area contributed by atoms with Gasteiger partial charge in [0, 0.05) is 17.6 Å². The molecule has 2 amide bonds. The number of anilines is 1. The molecular weight excluding hydrogens is 285 g/mol. The van der Waals surface area contributed by atoms with Gasteiger partial charge in [-0.15, -0.1) is 0 Å². The van der Waals surface area contributed by atoms with Gasteiger partial charge in [-0.3, -0.25) is 0 Å². The summed E-state index contributed by atoms with van der Waals surface area (Å²) < 4.78 is 0. The smallest absolute Gasteiger partial charge is 0.322 e. The predicted octanol–water partition coefficient (Wildman–Crippen LogP) is 3.19. The summed E-state index contributed by atoms with van der Waals surface area (Å²) in [6, 6.07) is 5.01. The van der Waals surface area contributed by atoms with Gasteiger partial charge in [-0.05, 0) is 44.0 Å². The number of nitrogens with one attached hydrogen (secondary N) is 1. The molecule has 2 atom stereocenters. The molecule has 0 aromatic heterocycles. The van der Waals surface area contributed by atoms with Crippen molar-refractivity contribution in [2.75, 3.05) is 18.4 Å². The maximum absolute atomic E-state index is 12.2. The zero-order valence-corrected chi connectivity index (χ0v) is 12.2. The summed E-state index contributed by atoms with van der Waals surface area (Å²) in [5.41, 5.74) is 6.19. The molecule has 6 heteroatoms. The fourth-order valence-corrected chi connectivity index (χ4v) is 2.71. The van der Waals surface area contributed by atoms with Crippen LogP contribution in [-0.4, -0.2) is 30.1 Å². The Morgan fingerprint density at radius 3 is 2.89 bits per heavy atom. The van der Waals surface area contributed by atoms with Gasteiger partial charge < -0.3 is 16.0 Å². The van der Waals surface area contributed by atoms with Crippen molar-refractivity contribution in [3.05, 3.63) is 28.2 Å². The van der Waals surface area contributed by atoms with Crippen molar-refractivity contribution < 1.29 is 4.79 Å². The Morgan fingerprint density at radius 1 is 1.53 bits per heavy atom. The number of carbonyl (C=O) groups excluding carboxylic acids is 1. The van der Waals surface area contributed by atoms with Crippen LogP contribution in [0.3, 0.4) is 0 Å². The number of benzene rings is 1. The van der Waals surface area contributed by atoms with Crippen molar-refractivity contribution in [3.8, 4) is 0 Å². The molecule has 19 heavy (non-hydrogen) atoms. The number of rotatable bonds is 2. The minimum Gasteiger partial charge on any atom is -0.330 e. The first-order valence-electron chi connectivity index (χ1n) is 6.24. The summed E-state index contributed by atoms with van der Waals surface area (Å²) in [4.78, 5) is 14.0. The molecule has 1 aromatic rings. The molecule has 1 aliphatic rings. The van der Waals surface area contributed by atoms with Gasteiger partial charge in [0.15, 0.2) is 0 Å². The third-order valence-electron chi connectivity index (χ3n) is 3.43. The fourth-order valence-electron chi connectivity index (χ4n) is 2.38.